The van der Waals surface area contributed by atoms with Gasteiger partial charge in [-0.25, -0.2) is 9.78 Å². The number of anilines is 1. The molecule has 0 aliphatic carbocycles. The van der Waals surface area contributed by atoms with Crippen LogP contribution >= 0.6 is 11.3 Å². The van der Waals surface area contributed by atoms with Crippen molar-refractivity contribution in [2.45, 2.75) is 6.92 Å². The lowest BCUT2D eigenvalue weighted by Gasteiger charge is -2.05. The van der Waals surface area contributed by atoms with Crippen LogP contribution in [0.3, 0.4) is 0 Å². The van der Waals surface area contributed by atoms with Crippen LogP contribution in [-0.2, 0) is 4.74 Å². The van der Waals surface area contributed by atoms with Crippen molar-refractivity contribution in [2.24, 2.45) is 0 Å². The monoisotopic (exact) mass is 382 g/mol. The van der Waals surface area contributed by atoms with Crippen LogP contribution < -0.4 is 10.1 Å². The van der Waals surface area contributed by atoms with Gasteiger partial charge in [0.2, 0.25) is 0 Å². The molecule has 0 unspecified atom stereocenters. The molecule has 1 N–H and O–H groups in total. The Morgan fingerprint density at radius 1 is 1.00 bits per heavy atom. The van der Waals surface area contributed by atoms with E-state index in [1.165, 1.54) is 18.4 Å². The number of esters is 1. The van der Waals surface area contributed by atoms with Crippen molar-refractivity contribution in [1.29, 1.82) is 0 Å². The fraction of sp³-hybridized carbons (Fsp3) is 0.150. The smallest absolute Gasteiger partial charge is 0.337 e. The highest BCUT2D eigenvalue weighted by Gasteiger charge is 2.17. The van der Waals surface area contributed by atoms with E-state index in [1.54, 1.807) is 38.3 Å². The second-order valence-corrected chi connectivity index (χ2v) is 6.68. The Balaban J connectivity index is 1.77. The number of ether oxygens (including phenoxy) is 2. The number of benzene rings is 2. The molecule has 0 bridgehead atoms. The summed E-state index contributed by atoms with van der Waals surface area (Å²) >= 11 is 1.33. The summed E-state index contributed by atoms with van der Waals surface area (Å²) in [5.41, 5.74) is 2.59. The Labute approximate surface area is 160 Å². The number of hydrogen-bond acceptors (Lipinski definition) is 6. The van der Waals surface area contributed by atoms with Crippen molar-refractivity contribution >= 4 is 28.9 Å². The summed E-state index contributed by atoms with van der Waals surface area (Å²) in [5, 5.41) is 3.59. The molecule has 1 amide bonds. The van der Waals surface area contributed by atoms with Gasteiger partial charge in [0.05, 0.1) is 25.5 Å². The number of aryl methyl sites for hydroxylation is 1. The maximum Gasteiger partial charge on any atom is 0.337 e. The highest BCUT2D eigenvalue weighted by Crippen LogP contribution is 2.29. The van der Waals surface area contributed by atoms with E-state index in [0.717, 1.165) is 16.3 Å². The molecular weight excluding hydrogens is 364 g/mol. The SMILES string of the molecule is COC(=O)c1ccc(NC(=O)c2sc(-c3ccc(OC)cc3)nc2C)cc1. The predicted molar refractivity (Wildman–Crippen MR) is 105 cm³/mol. The third-order valence-electron chi connectivity index (χ3n) is 3.90. The summed E-state index contributed by atoms with van der Waals surface area (Å²) in [4.78, 5) is 29.1. The number of amides is 1. The fourth-order valence-electron chi connectivity index (χ4n) is 2.46. The molecule has 0 saturated carbocycles. The van der Waals surface area contributed by atoms with Gasteiger partial charge < -0.3 is 14.8 Å². The van der Waals surface area contributed by atoms with Gasteiger partial charge >= 0.3 is 5.97 Å². The first-order valence-electron chi connectivity index (χ1n) is 8.13. The van der Waals surface area contributed by atoms with E-state index in [0.29, 0.717) is 21.8 Å². The number of hydrogen-bond donors (Lipinski definition) is 1. The Morgan fingerprint density at radius 2 is 1.67 bits per heavy atom. The van der Waals surface area contributed by atoms with Gasteiger partial charge in [-0.3, -0.25) is 4.79 Å². The van der Waals surface area contributed by atoms with E-state index in [-0.39, 0.29) is 5.91 Å². The minimum atomic E-state index is -0.421. The van der Waals surface area contributed by atoms with E-state index in [9.17, 15) is 9.59 Å². The first-order valence-corrected chi connectivity index (χ1v) is 8.95. The zero-order chi connectivity index (χ0) is 19.4. The predicted octanol–water partition coefficient (Wildman–Crippen LogP) is 4.17. The maximum atomic E-state index is 12.6. The molecule has 1 heterocycles. The van der Waals surface area contributed by atoms with Gasteiger partial charge in [0, 0.05) is 11.3 Å². The molecule has 0 radical (unpaired) electrons. The number of methoxy groups -OCH3 is 2. The summed E-state index contributed by atoms with van der Waals surface area (Å²) in [6.45, 7) is 1.80. The second-order valence-electron chi connectivity index (χ2n) is 5.69. The highest BCUT2D eigenvalue weighted by molar-refractivity contribution is 7.17. The zero-order valence-corrected chi connectivity index (χ0v) is 15.9. The van der Waals surface area contributed by atoms with Gasteiger partial charge in [-0.1, -0.05) is 0 Å². The Morgan fingerprint density at radius 3 is 2.26 bits per heavy atom. The van der Waals surface area contributed by atoms with Crippen LogP contribution in [0.2, 0.25) is 0 Å². The number of thiazole rings is 1. The van der Waals surface area contributed by atoms with Crippen LogP contribution in [0, 0.1) is 6.92 Å². The van der Waals surface area contributed by atoms with Crippen molar-refractivity contribution < 1.29 is 19.1 Å². The third kappa shape index (κ3) is 4.15. The zero-order valence-electron chi connectivity index (χ0n) is 15.1. The minimum absolute atomic E-state index is 0.240. The van der Waals surface area contributed by atoms with Crippen molar-refractivity contribution in [3.63, 3.8) is 0 Å². The molecular formula is C20H18N2O4S. The normalized spacial score (nSPS) is 10.3. The summed E-state index contributed by atoms with van der Waals surface area (Å²) in [6, 6.07) is 14.0. The van der Waals surface area contributed by atoms with Crippen molar-refractivity contribution in [2.75, 3.05) is 19.5 Å². The molecule has 0 spiro atoms. The van der Waals surface area contributed by atoms with Crippen LogP contribution in [0.4, 0.5) is 5.69 Å². The van der Waals surface area contributed by atoms with Crippen LogP contribution in [0.25, 0.3) is 10.6 Å². The van der Waals surface area contributed by atoms with Gasteiger partial charge in [-0.05, 0) is 55.5 Å². The molecule has 138 valence electrons. The molecule has 0 saturated heterocycles. The van der Waals surface area contributed by atoms with Crippen LogP contribution in [0.5, 0.6) is 5.75 Å². The summed E-state index contributed by atoms with van der Waals surface area (Å²) in [7, 11) is 2.94. The minimum Gasteiger partial charge on any atom is -0.497 e. The lowest BCUT2D eigenvalue weighted by molar-refractivity contribution is 0.0600. The van der Waals surface area contributed by atoms with E-state index < -0.39 is 5.97 Å². The summed E-state index contributed by atoms with van der Waals surface area (Å²) in [6.07, 6.45) is 0. The molecule has 1 aromatic heterocycles. The van der Waals surface area contributed by atoms with E-state index in [4.69, 9.17) is 4.74 Å². The van der Waals surface area contributed by atoms with Crippen LogP contribution in [-0.4, -0.2) is 31.1 Å². The number of nitrogens with zero attached hydrogens (tertiary/aromatic N) is 1. The molecule has 27 heavy (non-hydrogen) atoms. The van der Waals surface area contributed by atoms with Gasteiger partial charge in [-0.15, -0.1) is 11.3 Å². The average molecular weight is 382 g/mol. The van der Waals surface area contributed by atoms with Crippen molar-refractivity contribution in [1.82, 2.24) is 4.98 Å². The van der Waals surface area contributed by atoms with Gasteiger partial charge in [0.1, 0.15) is 15.6 Å². The summed E-state index contributed by atoms with van der Waals surface area (Å²) in [5.74, 6) is 0.103. The topological polar surface area (TPSA) is 77.5 Å². The number of carbonyl (C=O) groups is 2. The number of nitrogens with one attached hydrogen (secondary N) is 1. The van der Waals surface area contributed by atoms with Gasteiger partial charge in [-0.2, -0.15) is 0 Å². The Bertz CT molecular complexity index is 963. The van der Waals surface area contributed by atoms with Crippen molar-refractivity contribution in [3.8, 4) is 16.3 Å². The largest absolute Gasteiger partial charge is 0.497 e. The molecule has 6 nitrogen and oxygen atoms in total. The Hall–Kier alpha value is -3.19. The van der Waals surface area contributed by atoms with Crippen molar-refractivity contribution in [3.05, 3.63) is 64.7 Å². The van der Waals surface area contributed by atoms with E-state index in [2.05, 4.69) is 15.0 Å². The van der Waals surface area contributed by atoms with Gasteiger partial charge in [0.25, 0.3) is 5.91 Å². The fourth-order valence-corrected chi connectivity index (χ4v) is 3.43. The molecule has 3 aromatic rings. The first kappa shape index (κ1) is 18.6. The highest BCUT2D eigenvalue weighted by atomic mass is 32.1. The first-order chi connectivity index (χ1) is 13.0. The lowest BCUT2D eigenvalue weighted by atomic mass is 10.2. The molecule has 0 fully saturated rings. The maximum absolute atomic E-state index is 12.6. The van der Waals surface area contributed by atoms with Gasteiger partial charge in [0.15, 0.2) is 0 Å². The standard InChI is InChI=1S/C20H18N2O4S/c1-12-17(27-19(21-12)13-6-10-16(25-2)11-7-13)18(23)22-15-8-4-14(5-9-15)20(24)26-3/h4-11H,1-3H3,(H,22,23). The van der Waals surface area contributed by atoms with Crippen LogP contribution in [0.1, 0.15) is 25.7 Å². The molecule has 0 aliphatic rings. The number of carbonyl (C=O) groups excluding carboxylic acids is 2. The van der Waals surface area contributed by atoms with E-state index >= 15 is 0 Å². The van der Waals surface area contributed by atoms with E-state index in [1.807, 2.05) is 24.3 Å². The number of aromatic nitrogens is 1. The Kier molecular flexibility index (Phi) is 5.52. The quantitative estimate of drug-likeness (QED) is 0.670. The molecule has 3 rings (SSSR count). The second kappa shape index (κ2) is 8.01. The third-order valence-corrected chi connectivity index (χ3v) is 5.11. The average Bonchev–Trinajstić information content (AvgIpc) is 3.10. The molecule has 0 atom stereocenters. The molecule has 0 aliphatic heterocycles. The molecule has 2 aromatic carbocycles. The summed E-state index contributed by atoms with van der Waals surface area (Å²) < 4.78 is 9.82. The van der Waals surface area contributed by atoms with Crippen LogP contribution in [0.15, 0.2) is 48.5 Å². The lowest BCUT2D eigenvalue weighted by Crippen LogP contribution is -2.11. The molecule has 7 heteroatoms. The number of rotatable bonds is 5.